The van der Waals surface area contributed by atoms with Gasteiger partial charge in [0.15, 0.2) is 9.84 Å². The van der Waals surface area contributed by atoms with E-state index in [1.54, 1.807) is 32.2 Å². The van der Waals surface area contributed by atoms with Crippen molar-refractivity contribution in [1.29, 1.82) is 0 Å². The molecule has 1 aliphatic heterocycles. The van der Waals surface area contributed by atoms with Crippen LogP contribution in [0.4, 0.5) is 4.39 Å². The molecule has 0 spiro atoms. The summed E-state index contributed by atoms with van der Waals surface area (Å²) in [5, 5.41) is -0.645. The van der Waals surface area contributed by atoms with Crippen LogP contribution < -0.4 is 4.74 Å². The van der Waals surface area contributed by atoms with Crippen molar-refractivity contribution >= 4 is 9.84 Å². The number of halogens is 1. The normalized spacial score (nSPS) is 16.9. The zero-order valence-corrected chi connectivity index (χ0v) is 19.5. The Hall–Kier alpha value is -2.70. The predicted molar refractivity (Wildman–Crippen MR) is 124 cm³/mol. The molecule has 3 aromatic carbocycles. The van der Waals surface area contributed by atoms with E-state index in [0.29, 0.717) is 29.8 Å². The lowest BCUT2D eigenvalue weighted by atomic mass is 10.0. The Morgan fingerprint density at radius 1 is 1.00 bits per heavy atom. The minimum absolute atomic E-state index is 0.227. The van der Waals surface area contributed by atoms with Crippen LogP contribution in [0.5, 0.6) is 5.75 Å². The second kappa shape index (κ2) is 9.04. The molecule has 0 saturated heterocycles. The molecule has 1 heterocycles. The van der Waals surface area contributed by atoms with Gasteiger partial charge in [-0.05, 0) is 85.0 Å². The predicted octanol–water partition coefficient (Wildman–Crippen LogP) is 4.56. The van der Waals surface area contributed by atoms with E-state index in [-0.39, 0.29) is 5.82 Å². The molecule has 6 heteroatoms. The molecule has 32 heavy (non-hydrogen) atoms. The number of ether oxygens (including phenoxy) is 1. The van der Waals surface area contributed by atoms with Gasteiger partial charge in [-0.2, -0.15) is 0 Å². The molecule has 0 bridgehead atoms. The molecule has 0 aliphatic carbocycles. The molecule has 0 saturated carbocycles. The second-order valence-corrected chi connectivity index (χ2v) is 10.6. The van der Waals surface area contributed by atoms with Gasteiger partial charge in [0.05, 0.1) is 12.0 Å². The van der Waals surface area contributed by atoms with E-state index in [1.165, 1.54) is 6.07 Å². The van der Waals surface area contributed by atoms with Gasteiger partial charge in [0, 0.05) is 13.0 Å². The first kappa shape index (κ1) is 22.5. The lowest BCUT2D eigenvalue weighted by Gasteiger charge is -2.25. The quantitative estimate of drug-likeness (QED) is 0.568. The number of fused-ring (bicyclic) bond motifs is 1. The fraction of sp³-hybridized carbons (Fsp3) is 0.308. The molecular weight excluding hydrogens is 425 g/mol. The highest BCUT2D eigenvalue weighted by Gasteiger charge is 2.33. The summed E-state index contributed by atoms with van der Waals surface area (Å²) in [6.07, 6.45) is 1.76. The molecule has 0 radical (unpaired) electrons. The molecule has 1 atom stereocenters. The van der Waals surface area contributed by atoms with Gasteiger partial charge in [0.1, 0.15) is 16.9 Å². The van der Waals surface area contributed by atoms with Crippen LogP contribution in [0.3, 0.4) is 0 Å². The minimum atomic E-state index is -3.57. The van der Waals surface area contributed by atoms with Crippen LogP contribution >= 0.6 is 0 Å². The number of sulfone groups is 1. The lowest BCUT2D eigenvalue weighted by molar-refractivity contribution is 0.311. The lowest BCUT2D eigenvalue weighted by Crippen LogP contribution is -2.39. The molecule has 0 N–H and O–H groups in total. The number of nitrogens with zero attached hydrogens (tertiary/aromatic N) is 1. The third-order valence-electron chi connectivity index (χ3n) is 6.29. The van der Waals surface area contributed by atoms with Crippen molar-refractivity contribution in [2.45, 2.75) is 36.5 Å². The second-order valence-electron chi connectivity index (χ2n) is 8.47. The Balaban J connectivity index is 1.58. The van der Waals surface area contributed by atoms with Crippen molar-refractivity contribution in [2.24, 2.45) is 0 Å². The highest BCUT2D eigenvalue weighted by molar-refractivity contribution is 7.92. The Kier molecular flexibility index (Phi) is 6.35. The number of hydrogen-bond donors (Lipinski definition) is 0. The third-order valence-corrected chi connectivity index (χ3v) is 8.46. The smallest absolute Gasteiger partial charge is 0.194 e. The van der Waals surface area contributed by atoms with Crippen molar-refractivity contribution in [3.8, 4) is 5.75 Å². The topological polar surface area (TPSA) is 46.6 Å². The Labute approximate surface area is 189 Å². The summed E-state index contributed by atoms with van der Waals surface area (Å²) in [5.74, 6) is 0.511. The highest BCUT2D eigenvalue weighted by atomic mass is 32.2. The first-order valence-corrected chi connectivity index (χ1v) is 12.3. The number of rotatable bonds is 5. The minimum Gasteiger partial charge on any atom is -0.497 e. The summed E-state index contributed by atoms with van der Waals surface area (Å²) >= 11 is 0. The number of aryl methyl sites for hydroxylation is 1. The monoisotopic (exact) mass is 453 g/mol. The average Bonchev–Trinajstić information content (AvgIpc) is 2.95. The number of benzene rings is 3. The summed E-state index contributed by atoms with van der Waals surface area (Å²) < 4.78 is 46.3. The maximum atomic E-state index is 13.8. The van der Waals surface area contributed by atoms with Gasteiger partial charge in [-0.15, -0.1) is 0 Å². The molecular formula is C26H28FNO3S. The SMILES string of the molecule is COc1ccc2c(c1)CC(S(=O)(=O)c1ccc(Cc3ccc(C)c(F)c3)cc1)N(C)CC2. The van der Waals surface area contributed by atoms with Crippen LogP contribution in [-0.4, -0.2) is 39.4 Å². The van der Waals surface area contributed by atoms with Crippen LogP contribution in [0, 0.1) is 12.7 Å². The van der Waals surface area contributed by atoms with E-state index in [0.717, 1.165) is 34.4 Å². The van der Waals surface area contributed by atoms with Crippen LogP contribution in [-0.2, 0) is 29.1 Å². The van der Waals surface area contributed by atoms with Crippen molar-refractivity contribution in [2.75, 3.05) is 20.7 Å². The van der Waals surface area contributed by atoms with E-state index in [2.05, 4.69) is 0 Å². The van der Waals surface area contributed by atoms with Crippen molar-refractivity contribution < 1.29 is 17.5 Å². The summed E-state index contributed by atoms with van der Waals surface area (Å²) in [4.78, 5) is 2.23. The number of hydrogen-bond acceptors (Lipinski definition) is 4. The standard InChI is InChI=1S/C26H28FNO3S/c1-18-4-5-20(15-25(18)27)14-19-6-10-24(11-7-19)32(29,30)26-17-22-16-23(31-3)9-8-21(22)12-13-28(26)2/h4-11,15-16,26H,12-14,17H2,1-3H3. The van der Waals surface area contributed by atoms with Gasteiger partial charge >= 0.3 is 0 Å². The molecule has 4 nitrogen and oxygen atoms in total. The first-order chi connectivity index (χ1) is 15.3. The van der Waals surface area contributed by atoms with E-state index < -0.39 is 15.2 Å². The Morgan fingerprint density at radius 2 is 1.72 bits per heavy atom. The average molecular weight is 454 g/mol. The Bertz CT molecular complexity index is 1220. The van der Waals surface area contributed by atoms with Crippen LogP contribution in [0.25, 0.3) is 0 Å². The summed E-state index contributed by atoms with van der Waals surface area (Å²) in [6.45, 7) is 2.40. The van der Waals surface area contributed by atoms with Gasteiger partial charge < -0.3 is 4.74 Å². The fourth-order valence-electron chi connectivity index (χ4n) is 4.23. The summed E-state index contributed by atoms with van der Waals surface area (Å²) in [6, 6.07) is 18.1. The molecule has 4 rings (SSSR count). The van der Waals surface area contributed by atoms with E-state index in [9.17, 15) is 12.8 Å². The zero-order chi connectivity index (χ0) is 22.9. The fourth-order valence-corrected chi connectivity index (χ4v) is 6.04. The molecule has 0 fully saturated rings. The molecule has 0 aromatic heterocycles. The maximum absolute atomic E-state index is 13.8. The van der Waals surface area contributed by atoms with E-state index in [1.807, 2.05) is 48.3 Å². The van der Waals surface area contributed by atoms with Gasteiger partial charge in [0.2, 0.25) is 0 Å². The van der Waals surface area contributed by atoms with Crippen LogP contribution in [0.15, 0.2) is 65.6 Å². The number of likely N-dealkylation sites (N-methyl/N-ethyl adjacent to an activating group) is 1. The van der Waals surface area contributed by atoms with Crippen LogP contribution in [0.1, 0.15) is 27.8 Å². The molecule has 1 unspecified atom stereocenters. The molecule has 3 aromatic rings. The third kappa shape index (κ3) is 4.57. The first-order valence-electron chi connectivity index (χ1n) is 10.7. The number of methoxy groups -OCH3 is 1. The van der Waals surface area contributed by atoms with Crippen molar-refractivity contribution in [1.82, 2.24) is 4.90 Å². The van der Waals surface area contributed by atoms with Crippen LogP contribution in [0.2, 0.25) is 0 Å². The maximum Gasteiger partial charge on any atom is 0.194 e. The largest absolute Gasteiger partial charge is 0.497 e. The van der Waals surface area contributed by atoms with Gasteiger partial charge in [0.25, 0.3) is 0 Å². The zero-order valence-electron chi connectivity index (χ0n) is 18.6. The molecule has 0 amide bonds. The van der Waals surface area contributed by atoms with Gasteiger partial charge in [-0.1, -0.05) is 30.3 Å². The summed E-state index contributed by atoms with van der Waals surface area (Å²) in [5.41, 5.74) is 4.59. The Morgan fingerprint density at radius 3 is 2.41 bits per heavy atom. The highest BCUT2D eigenvalue weighted by Crippen LogP contribution is 2.29. The van der Waals surface area contributed by atoms with Gasteiger partial charge in [-0.3, -0.25) is 4.90 Å². The van der Waals surface area contributed by atoms with E-state index >= 15 is 0 Å². The van der Waals surface area contributed by atoms with Crippen molar-refractivity contribution in [3.63, 3.8) is 0 Å². The van der Waals surface area contributed by atoms with Crippen molar-refractivity contribution in [3.05, 3.63) is 94.3 Å². The summed E-state index contributed by atoms with van der Waals surface area (Å²) in [7, 11) is -0.0906. The molecule has 1 aliphatic rings. The molecule has 168 valence electrons. The van der Waals surface area contributed by atoms with E-state index in [4.69, 9.17) is 4.74 Å². The van der Waals surface area contributed by atoms with Gasteiger partial charge in [-0.25, -0.2) is 12.8 Å².